The normalized spacial score (nSPS) is 13.8. The lowest BCUT2D eigenvalue weighted by Crippen LogP contribution is -2.41. The predicted molar refractivity (Wildman–Crippen MR) is 100 cm³/mol. The fourth-order valence-electron chi connectivity index (χ4n) is 2.53. The van der Waals surface area contributed by atoms with Crippen LogP contribution in [-0.4, -0.2) is 30.3 Å². The van der Waals surface area contributed by atoms with Crippen LogP contribution in [0.15, 0.2) is 60.7 Å². The van der Waals surface area contributed by atoms with Crippen LogP contribution in [0.25, 0.3) is 5.57 Å². The number of amides is 1. The number of allylic oxidation sites excluding steroid dienone is 1. The van der Waals surface area contributed by atoms with Crippen molar-refractivity contribution in [2.24, 2.45) is 0 Å². The minimum atomic E-state index is -0.638. The molecule has 0 radical (unpaired) electrons. The highest BCUT2D eigenvalue weighted by atomic mass is 16.5. The Morgan fingerprint density at radius 2 is 1.80 bits per heavy atom. The molecule has 2 N–H and O–H groups in total. The fraction of sp³-hybridized carbons (Fsp3) is 0.286. The third-order valence-electron chi connectivity index (χ3n) is 4.13. The molecule has 0 bridgehead atoms. The van der Waals surface area contributed by atoms with Crippen LogP contribution in [0.1, 0.15) is 25.0 Å². The Balaban J connectivity index is 1.93. The Morgan fingerprint density at radius 1 is 1.16 bits per heavy atom. The first-order valence-electron chi connectivity index (χ1n) is 8.35. The van der Waals surface area contributed by atoms with Crippen LogP contribution in [-0.2, 0) is 11.2 Å². The number of hydrogen-bond acceptors (Lipinski definition) is 3. The SMILES string of the molecule is COc1ccc(/C(C)=C/C(=O)NC(C)C(O)Cc2ccccc2)cc1. The number of methoxy groups -OCH3 is 1. The van der Waals surface area contributed by atoms with Crippen LogP contribution in [0.5, 0.6) is 5.75 Å². The first kappa shape index (κ1) is 18.7. The van der Waals surface area contributed by atoms with Gasteiger partial charge in [-0.25, -0.2) is 0 Å². The summed E-state index contributed by atoms with van der Waals surface area (Å²) in [6, 6.07) is 16.9. The van der Waals surface area contributed by atoms with Crippen molar-refractivity contribution in [3.05, 3.63) is 71.8 Å². The Bertz CT molecular complexity index is 708. The summed E-state index contributed by atoms with van der Waals surface area (Å²) < 4.78 is 5.13. The van der Waals surface area contributed by atoms with Crippen molar-refractivity contribution in [2.75, 3.05) is 7.11 Å². The number of ether oxygens (including phenoxy) is 1. The monoisotopic (exact) mass is 339 g/mol. The maximum absolute atomic E-state index is 12.2. The topological polar surface area (TPSA) is 58.6 Å². The van der Waals surface area contributed by atoms with Gasteiger partial charge in [0.1, 0.15) is 5.75 Å². The number of hydrogen-bond donors (Lipinski definition) is 2. The van der Waals surface area contributed by atoms with Gasteiger partial charge < -0.3 is 15.2 Å². The van der Waals surface area contributed by atoms with Gasteiger partial charge in [-0.2, -0.15) is 0 Å². The molecule has 0 saturated carbocycles. The number of rotatable bonds is 7. The number of aliphatic hydroxyl groups excluding tert-OH is 1. The predicted octanol–water partition coefficient (Wildman–Crippen LogP) is 3.21. The molecule has 2 rings (SSSR count). The van der Waals surface area contributed by atoms with E-state index in [9.17, 15) is 9.90 Å². The number of nitrogens with one attached hydrogen (secondary N) is 1. The van der Waals surface area contributed by atoms with E-state index >= 15 is 0 Å². The zero-order chi connectivity index (χ0) is 18.2. The van der Waals surface area contributed by atoms with Gasteiger partial charge in [-0.05, 0) is 42.7 Å². The van der Waals surface area contributed by atoms with E-state index in [0.29, 0.717) is 6.42 Å². The lowest BCUT2D eigenvalue weighted by atomic mass is 10.0. The number of aliphatic hydroxyl groups is 1. The highest BCUT2D eigenvalue weighted by Crippen LogP contribution is 2.18. The van der Waals surface area contributed by atoms with Crippen molar-refractivity contribution < 1.29 is 14.6 Å². The van der Waals surface area contributed by atoms with Crippen molar-refractivity contribution in [3.8, 4) is 5.75 Å². The van der Waals surface area contributed by atoms with Gasteiger partial charge in [0, 0.05) is 12.5 Å². The van der Waals surface area contributed by atoms with Gasteiger partial charge in [-0.3, -0.25) is 4.79 Å². The van der Waals surface area contributed by atoms with Gasteiger partial charge >= 0.3 is 0 Å². The second-order valence-corrected chi connectivity index (χ2v) is 6.11. The molecule has 0 saturated heterocycles. The Kier molecular flexibility index (Phi) is 6.78. The van der Waals surface area contributed by atoms with Crippen LogP contribution in [0, 0.1) is 0 Å². The molecule has 2 aromatic rings. The standard InChI is InChI=1S/C21H25NO3/c1-15(18-9-11-19(25-3)12-10-18)13-21(24)22-16(2)20(23)14-17-7-5-4-6-8-17/h4-13,16,20,23H,14H2,1-3H3,(H,22,24)/b15-13+. The number of carbonyl (C=O) groups excluding carboxylic acids is 1. The summed E-state index contributed by atoms with van der Waals surface area (Å²) in [6.07, 6.45) is 1.41. The Labute approximate surface area is 149 Å². The van der Waals surface area contributed by atoms with Crippen LogP contribution in [0.3, 0.4) is 0 Å². The van der Waals surface area contributed by atoms with E-state index in [1.165, 1.54) is 0 Å². The van der Waals surface area contributed by atoms with Crippen molar-refractivity contribution in [3.63, 3.8) is 0 Å². The molecule has 1 amide bonds. The van der Waals surface area contributed by atoms with Crippen LogP contribution in [0.4, 0.5) is 0 Å². The summed E-state index contributed by atoms with van der Waals surface area (Å²) in [7, 11) is 1.62. The first-order valence-corrected chi connectivity index (χ1v) is 8.35. The Hall–Kier alpha value is -2.59. The van der Waals surface area contributed by atoms with Gasteiger partial charge in [-0.1, -0.05) is 42.5 Å². The van der Waals surface area contributed by atoms with Gasteiger partial charge in [0.2, 0.25) is 5.91 Å². The molecule has 0 heterocycles. The molecule has 0 aromatic heterocycles. The van der Waals surface area contributed by atoms with E-state index in [-0.39, 0.29) is 11.9 Å². The minimum absolute atomic E-state index is 0.215. The highest BCUT2D eigenvalue weighted by molar-refractivity contribution is 5.95. The summed E-state index contributed by atoms with van der Waals surface area (Å²) in [5, 5.41) is 13.1. The van der Waals surface area contributed by atoms with Gasteiger partial charge in [-0.15, -0.1) is 0 Å². The molecule has 2 aromatic carbocycles. The zero-order valence-corrected chi connectivity index (χ0v) is 14.9. The molecule has 0 aliphatic heterocycles. The quantitative estimate of drug-likeness (QED) is 0.762. The van der Waals surface area contributed by atoms with Gasteiger partial charge in [0.15, 0.2) is 0 Å². The van der Waals surface area contributed by atoms with Gasteiger partial charge in [0.25, 0.3) is 0 Å². The summed E-state index contributed by atoms with van der Waals surface area (Å²) in [5.41, 5.74) is 2.85. The van der Waals surface area contributed by atoms with Crippen LogP contribution < -0.4 is 10.1 Å². The summed E-state index contributed by atoms with van der Waals surface area (Å²) in [5.74, 6) is 0.562. The van der Waals surface area contributed by atoms with E-state index in [4.69, 9.17) is 4.74 Å². The van der Waals surface area contributed by atoms with E-state index in [1.807, 2.05) is 68.4 Å². The fourth-order valence-corrected chi connectivity index (χ4v) is 2.53. The maximum atomic E-state index is 12.2. The van der Waals surface area contributed by atoms with E-state index in [2.05, 4.69) is 5.32 Å². The molecule has 2 atom stereocenters. The van der Waals surface area contributed by atoms with E-state index < -0.39 is 6.10 Å². The molecule has 4 heteroatoms. The highest BCUT2D eigenvalue weighted by Gasteiger charge is 2.16. The van der Waals surface area contributed by atoms with E-state index in [0.717, 1.165) is 22.4 Å². The van der Waals surface area contributed by atoms with Crippen molar-refractivity contribution in [1.29, 1.82) is 0 Å². The lowest BCUT2D eigenvalue weighted by Gasteiger charge is -2.20. The van der Waals surface area contributed by atoms with Crippen molar-refractivity contribution in [1.82, 2.24) is 5.32 Å². The second-order valence-electron chi connectivity index (χ2n) is 6.11. The molecule has 0 aliphatic carbocycles. The van der Waals surface area contributed by atoms with Crippen LogP contribution >= 0.6 is 0 Å². The zero-order valence-electron chi connectivity index (χ0n) is 14.9. The molecule has 0 spiro atoms. The molecule has 132 valence electrons. The van der Waals surface area contributed by atoms with Crippen LogP contribution in [0.2, 0.25) is 0 Å². The van der Waals surface area contributed by atoms with Crippen molar-refractivity contribution in [2.45, 2.75) is 32.4 Å². The molecular weight excluding hydrogens is 314 g/mol. The smallest absolute Gasteiger partial charge is 0.244 e. The number of benzene rings is 2. The minimum Gasteiger partial charge on any atom is -0.497 e. The third kappa shape index (κ3) is 5.76. The summed E-state index contributed by atoms with van der Waals surface area (Å²) in [4.78, 5) is 12.2. The Morgan fingerprint density at radius 3 is 2.40 bits per heavy atom. The maximum Gasteiger partial charge on any atom is 0.244 e. The van der Waals surface area contributed by atoms with Crippen molar-refractivity contribution >= 4 is 11.5 Å². The molecular formula is C21H25NO3. The average Bonchev–Trinajstić information content (AvgIpc) is 2.62. The molecule has 0 aliphatic rings. The molecule has 4 nitrogen and oxygen atoms in total. The first-order chi connectivity index (χ1) is 12.0. The molecule has 25 heavy (non-hydrogen) atoms. The number of carbonyl (C=O) groups is 1. The van der Waals surface area contributed by atoms with Gasteiger partial charge in [0.05, 0.1) is 19.3 Å². The van der Waals surface area contributed by atoms with E-state index in [1.54, 1.807) is 13.2 Å². The second kappa shape index (κ2) is 9.04. The summed E-state index contributed by atoms with van der Waals surface area (Å²) >= 11 is 0. The third-order valence-corrected chi connectivity index (χ3v) is 4.13. The summed E-state index contributed by atoms with van der Waals surface area (Å²) in [6.45, 7) is 3.69. The molecule has 0 fully saturated rings. The molecule has 2 unspecified atom stereocenters. The largest absolute Gasteiger partial charge is 0.497 e. The lowest BCUT2D eigenvalue weighted by molar-refractivity contribution is -0.117. The average molecular weight is 339 g/mol.